The van der Waals surface area contributed by atoms with Crippen molar-refractivity contribution >= 4 is 23.6 Å². The van der Waals surface area contributed by atoms with Gasteiger partial charge in [0.1, 0.15) is 0 Å². The molecule has 1 aliphatic rings. The van der Waals surface area contributed by atoms with Gasteiger partial charge in [0, 0.05) is 53.3 Å². The Morgan fingerprint density at radius 2 is 2.26 bits per heavy atom. The zero-order valence-electron chi connectivity index (χ0n) is 11.0. The minimum atomic E-state index is 0.595. The van der Waals surface area contributed by atoms with Gasteiger partial charge in [0.2, 0.25) is 0 Å². The molecule has 3 nitrogen and oxygen atoms in total. The van der Waals surface area contributed by atoms with Gasteiger partial charge in [-0.15, -0.1) is 11.3 Å². The summed E-state index contributed by atoms with van der Waals surface area (Å²) in [5.41, 5.74) is 2.55. The van der Waals surface area contributed by atoms with Crippen LogP contribution in [-0.4, -0.2) is 21.4 Å². The van der Waals surface area contributed by atoms with Crippen LogP contribution in [0.1, 0.15) is 27.9 Å². The summed E-state index contributed by atoms with van der Waals surface area (Å²) in [5.74, 6) is 0. The molecule has 0 saturated carbocycles. The van der Waals surface area contributed by atoms with Crippen molar-refractivity contribution in [3.8, 4) is 0 Å². The monoisotopic (exact) mass is 291 g/mol. The molecule has 0 atom stereocenters. The first-order chi connectivity index (χ1) is 9.24. The van der Waals surface area contributed by atoms with Gasteiger partial charge < -0.3 is 4.98 Å². The fourth-order valence-corrected chi connectivity index (χ4v) is 3.63. The maximum atomic E-state index is 5.07. The number of nitrogens with one attached hydrogen (secondary N) is 1. The predicted octanol–water partition coefficient (Wildman–Crippen LogP) is 3.32. The maximum absolute atomic E-state index is 5.07. The number of hydrogen-bond donors (Lipinski definition) is 1. The lowest BCUT2D eigenvalue weighted by Crippen LogP contribution is -2.30. The van der Waals surface area contributed by atoms with Crippen molar-refractivity contribution in [1.29, 1.82) is 0 Å². The second kappa shape index (κ2) is 5.53. The van der Waals surface area contributed by atoms with E-state index in [1.54, 1.807) is 0 Å². The molecule has 0 radical (unpaired) electrons. The number of H-pyrrole nitrogens is 1. The van der Waals surface area contributed by atoms with E-state index < -0.39 is 0 Å². The summed E-state index contributed by atoms with van der Waals surface area (Å²) >= 11 is 7.00. The fourth-order valence-electron chi connectivity index (χ4n) is 2.46. The quantitative estimate of drug-likeness (QED) is 0.880. The highest BCUT2D eigenvalue weighted by Crippen LogP contribution is 2.22. The van der Waals surface area contributed by atoms with Crippen LogP contribution in [0.3, 0.4) is 0 Å². The molecular weight excluding hydrogens is 274 g/mol. The standard InChI is InChI=1S/C14H17N3S2/c1-2-11-3-4-12(19-11)9-17-6-5-13-10(8-17)7-15-14(18)16-13/h3-4,7H,2,5-6,8-9H2,1H3,(H,15,16,18). The van der Waals surface area contributed by atoms with Crippen LogP contribution >= 0.6 is 23.6 Å². The predicted molar refractivity (Wildman–Crippen MR) is 80.9 cm³/mol. The maximum Gasteiger partial charge on any atom is 0.196 e. The average molecular weight is 291 g/mol. The highest BCUT2D eigenvalue weighted by Gasteiger charge is 2.17. The molecule has 3 rings (SSSR count). The van der Waals surface area contributed by atoms with Crippen molar-refractivity contribution < 1.29 is 0 Å². The number of hydrogen-bond acceptors (Lipinski definition) is 4. The number of aromatic nitrogens is 2. The summed E-state index contributed by atoms with van der Waals surface area (Å²) in [6, 6.07) is 4.51. The van der Waals surface area contributed by atoms with Crippen LogP contribution < -0.4 is 0 Å². The first-order valence-corrected chi connectivity index (χ1v) is 7.84. The molecule has 2 aromatic rings. The van der Waals surface area contributed by atoms with Crippen molar-refractivity contribution in [2.45, 2.75) is 32.9 Å². The molecule has 0 unspecified atom stereocenters. The normalized spacial score (nSPS) is 15.4. The second-order valence-electron chi connectivity index (χ2n) is 4.87. The molecule has 0 spiro atoms. The first-order valence-electron chi connectivity index (χ1n) is 6.61. The van der Waals surface area contributed by atoms with E-state index in [2.05, 4.69) is 33.9 Å². The van der Waals surface area contributed by atoms with Crippen molar-refractivity contribution in [3.05, 3.63) is 44.1 Å². The van der Waals surface area contributed by atoms with E-state index in [-0.39, 0.29) is 0 Å². The van der Waals surface area contributed by atoms with E-state index in [1.807, 2.05) is 17.5 Å². The Hall–Kier alpha value is -1.04. The van der Waals surface area contributed by atoms with Gasteiger partial charge in [-0.2, -0.15) is 0 Å². The van der Waals surface area contributed by atoms with Crippen molar-refractivity contribution in [2.75, 3.05) is 6.54 Å². The van der Waals surface area contributed by atoms with E-state index in [0.717, 1.165) is 32.5 Å². The lowest BCUT2D eigenvalue weighted by molar-refractivity contribution is 0.245. The van der Waals surface area contributed by atoms with Gasteiger partial charge in [-0.1, -0.05) is 6.92 Å². The number of nitrogens with zero attached hydrogens (tertiary/aromatic N) is 2. The number of rotatable bonds is 3. The van der Waals surface area contributed by atoms with Crippen molar-refractivity contribution in [1.82, 2.24) is 14.9 Å². The largest absolute Gasteiger partial charge is 0.334 e. The highest BCUT2D eigenvalue weighted by atomic mass is 32.1. The molecule has 1 aliphatic heterocycles. The van der Waals surface area contributed by atoms with Crippen molar-refractivity contribution in [3.63, 3.8) is 0 Å². The lowest BCUT2D eigenvalue weighted by Gasteiger charge is -2.27. The van der Waals surface area contributed by atoms with Crippen LogP contribution in [0.15, 0.2) is 18.3 Å². The molecule has 0 aromatic carbocycles. The van der Waals surface area contributed by atoms with Crippen LogP contribution in [-0.2, 0) is 25.9 Å². The molecule has 0 aliphatic carbocycles. The van der Waals surface area contributed by atoms with Crippen LogP contribution in [0.4, 0.5) is 0 Å². The van der Waals surface area contributed by atoms with Crippen LogP contribution in [0.2, 0.25) is 0 Å². The Labute approximate surface area is 122 Å². The van der Waals surface area contributed by atoms with Crippen LogP contribution in [0, 0.1) is 4.77 Å². The number of fused-ring (bicyclic) bond motifs is 1. The minimum Gasteiger partial charge on any atom is -0.334 e. The smallest absolute Gasteiger partial charge is 0.196 e. The molecule has 19 heavy (non-hydrogen) atoms. The average Bonchev–Trinajstić information content (AvgIpc) is 2.86. The lowest BCUT2D eigenvalue weighted by atomic mass is 10.1. The Kier molecular flexibility index (Phi) is 3.77. The van der Waals surface area contributed by atoms with Gasteiger partial charge >= 0.3 is 0 Å². The Morgan fingerprint density at radius 1 is 1.42 bits per heavy atom. The minimum absolute atomic E-state index is 0.595. The first kappa shape index (κ1) is 13.0. The molecular formula is C14H17N3S2. The second-order valence-corrected chi connectivity index (χ2v) is 6.51. The van der Waals surface area contributed by atoms with Crippen LogP contribution in [0.25, 0.3) is 0 Å². The van der Waals surface area contributed by atoms with Gasteiger partial charge in [-0.05, 0) is 30.8 Å². The van der Waals surface area contributed by atoms with E-state index >= 15 is 0 Å². The highest BCUT2D eigenvalue weighted by molar-refractivity contribution is 7.71. The molecule has 100 valence electrons. The van der Waals surface area contributed by atoms with Gasteiger partial charge in [-0.3, -0.25) is 4.90 Å². The zero-order chi connectivity index (χ0) is 13.2. The Bertz CT molecular complexity index is 630. The fraction of sp³-hybridized carbons (Fsp3) is 0.429. The van der Waals surface area contributed by atoms with Gasteiger partial charge in [-0.25, -0.2) is 4.98 Å². The summed E-state index contributed by atoms with van der Waals surface area (Å²) in [6.07, 6.45) is 4.09. The van der Waals surface area contributed by atoms with E-state index in [0.29, 0.717) is 4.77 Å². The third-order valence-electron chi connectivity index (χ3n) is 3.50. The summed E-state index contributed by atoms with van der Waals surface area (Å²) in [4.78, 5) is 12.8. The van der Waals surface area contributed by atoms with Gasteiger partial charge in [0.15, 0.2) is 4.77 Å². The number of aryl methyl sites for hydroxylation is 1. The Balaban J connectivity index is 1.71. The molecule has 2 aromatic heterocycles. The SMILES string of the molecule is CCc1ccc(CN2CCc3[nH]c(=S)ncc3C2)s1. The Morgan fingerprint density at radius 3 is 3.05 bits per heavy atom. The number of aromatic amines is 1. The third-order valence-corrected chi connectivity index (χ3v) is 4.92. The van der Waals surface area contributed by atoms with E-state index in [9.17, 15) is 0 Å². The summed E-state index contributed by atoms with van der Waals surface area (Å²) in [6.45, 7) is 5.30. The van der Waals surface area contributed by atoms with Gasteiger partial charge in [0.25, 0.3) is 0 Å². The summed E-state index contributed by atoms with van der Waals surface area (Å²) in [5, 5.41) is 0. The molecule has 0 fully saturated rings. The van der Waals surface area contributed by atoms with Crippen LogP contribution in [0.5, 0.6) is 0 Å². The van der Waals surface area contributed by atoms with E-state index in [1.165, 1.54) is 21.0 Å². The van der Waals surface area contributed by atoms with Gasteiger partial charge in [0.05, 0.1) is 0 Å². The third kappa shape index (κ3) is 2.94. The molecule has 3 heterocycles. The molecule has 1 N–H and O–H groups in total. The molecule has 5 heteroatoms. The summed E-state index contributed by atoms with van der Waals surface area (Å²) < 4.78 is 0.595. The topological polar surface area (TPSA) is 31.9 Å². The molecule has 0 amide bonds. The van der Waals surface area contributed by atoms with Crippen molar-refractivity contribution in [2.24, 2.45) is 0 Å². The number of thiophene rings is 1. The molecule has 0 saturated heterocycles. The summed E-state index contributed by atoms with van der Waals surface area (Å²) in [7, 11) is 0. The molecule has 0 bridgehead atoms. The van der Waals surface area contributed by atoms with E-state index in [4.69, 9.17) is 12.2 Å². The zero-order valence-corrected chi connectivity index (χ0v) is 12.6.